The quantitative estimate of drug-likeness (QED) is 0.248. The summed E-state index contributed by atoms with van der Waals surface area (Å²) >= 11 is 4.75. The Bertz CT molecular complexity index is 1370. The first kappa shape index (κ1) is 24.6. The summed E-state index contributed by atoms with van der Waals surface area (Å²) in [5.74, 6) is -0.887. The number of amides is 1. The number of hydrogen-bond donors (Lipinski definition) is 1. The van der Waals surface area contributed by atoms with Gasteiger partial charge in [-0.1, -0.05) is 48.5 Å². The number of ether oxygens (including phenoxy) is 2. The fourth-order valence-electron chi connectivity index (χ4n) is 3.63. The number of rotatable bonds is 7. The van der Waals surface area contributed by atoms with Crippen LogP contribution in [0, 0.1) is 12.7 Å². The molecule has 1 N–H and O–H groups in total. The summed E-state index contributed by atoms with van der Waals surface area (Å²) in [6.07, 6.45) is 0. The molecule has 0 bridgehead atoms. The second-order valence-electron chi connectivity index (χ2n) is 7.58. The summed E-state index contributed by atoms with van der Waals surface area (Å²) in [5, 5.41) is 3.11. The fourth-order valence-corrected chi connectivity index (χ4v) is 5.20. The summed E-state index contributed by atoms with van der Waals surface area (Å²) in [4.78, 5) is 26.1. The van der Waals surface area contributed by atoms with Crippen molar-refractivity contribution in [2.24, 2.45) is 0 Å². The zero-order valence-corrected chi connectivity index (χ0v) is 21.3. The Labute approximate surface area is 214 Å². The third-order valence-corrected chi connectivity index (χ3v) is 6.90. The molecule has 8 heteroatoms. The molecular formula is C27H21BrFNO4S. The summed E-state index contributed by atoms with van der Waals surface area (Å²) in [6.45, 7) is 1.57. The summed E-state index contributed by atoms with van der Waals surface area (Å²) < 4.78 is 24.8. The van der Waals surface area contributed by atoms with Crippen LogP contribution < -0.4 is 10.1 Å². The molecule has 4 aromatic rings. The van der Waals surface area contributed by atoms with E-state index in [9.17, 15) is 14.0 Å². The lowest BCUT2D eigenvalue weighted by Gasteiger charge is -2.11. The van der Waals surface area contributed by atoms with Crippen molar-refractivity contribution in [3.05, 3.63) is 93.5 Å². The van der Waals surface area contributed by atoms with E-state index in [4.69, 9.17) is 9.47 Å². The van der Waals surface area contributed by atoms with Gasteiger partial charge in [0.25, 0.3) is 5.91 Å². The molecular weight excluding hydrogens is 533 g/mol. The van der Waals surface area contributed by atoms with Gasteiger partial charge in [0, 0.05) is 10.4 Å². The van der Waals surface area contributed by atoms with Gasteiger partial charge in [-0.3, -0.25) is 4.79 Å². The Morgan fingerprint density at radius 2 is 1.66 bits per heavy atom. The predicted molar refractivity (Wildman–Crippen MR) is 139 cm³/mol. The minimum atomic E-state index is -0.593. The molecule has 0 atom stereocenters. The second-order valence-corrected chi connectivity index (χ2v) is 9.66. The van der Waals surface area contributed by atoms with E-state index in [1.807, 2.05) is 49.4 Å². The summed E-state index contributed by atoms with van der Waals surface area (Å²) in [6, 6.07) is 21.4. The summed E-state index contributed by atoms with van der Waals surface area (Å²) in [5.41, 5.74) is 3.55. The number of halogens is 2. The van der Waals surface area contributed by atoms with Gasteiger partial charge < -0.3 is 14.8 Å². The molecule has 35 heavy (non-hydrogen) atoms. The maximum Gasteiger partial charge on any atom is 0.341 e. The topological polar surface area (TPSA) is 64.6 Å². The van der Waals surface area contributed by atoms with Gasteiger partial charge in [-0.2, -0.15) is 0 Å². The number of nitrogens with one attached hydrogen (secondary N) is 1. The first-order chi connectivity index (χ1) is 16.9. The van der Waals surface area contributed by atoms with Crippen molar-refractivity contribution in [1.29, 1.82) is 0 Å². The number of carbonyl (C=O) groups excluding carboxylic acids is 2. The minimum Gasteiger partial charge on any atom is -0.483 e. The highest BCUT2D eigenvalue weighted by Gasteiger charge is 2.25. The maximum atomic E-state index is 13.4. The van der Waals surface area contributed by atoms with Crippen molar-refractivity contribution < 1.29 is 23.5 Å². The number of anilines is 1. The largest absolute Gasteiger partial charge is 0.483 e. The Balaban J connectivity index is 1.51. The number of carbonyl (C=O) groups is 2. The first-order valence-electron chi connectivity index (χ1n) is 10.6. The van der Waals surface area contributed by atoms with Crippen molar-refractivity contribution in [3.8, 4) is 28.0 Å². The van der Waals surface area contributed by atoms with Crippen LogP contribution in [0.15, 0.2) is 77.3 Å². The molecule has 3 aromatic carbocycles. The lowest BCUT2D eigenvalue weighted by Crippen LogP contribution is -2.21. The molecule has 0 radical (unpaired) electrons. The third-order valence-electron chi connectivity index (χ3n) is 5.26. The van der Waals surface area contributed by atoms with Gasteiger partial charge >= 0.3 is 5.97 Å². The number of benzene rings is 3. The van der Waals surface area contributed by atoms with E-state index in [0.717, 1.165) is 16.0 Å². The molecule has 0 aliphatic rings. The molecule has 0 aliphatic heterocycles. The summed E-state index contributed by atoms with van der Waals surface area (Å²) in [7, 11) is 1.27. The normalized spacial score (nSPS) is 10.6. The zero-order valence-electron chi connectivity index (χ0n) is 18.9. The Kier molecular flexibility index (Phi) is 7.63. The highest BCUT2D eigenvalue weighted by molar-refractivity contribution is 9.10. The molecule has 0 spiro atoms. The van der Waals surface area contributed by atoms with E-state index >= 15 is 0 Å². The van der Waals surface area contributed by atoms with Crippen LogP contribution in [0.1, 0.15) is 15.2 Å². The van der Waals surface area contributed by atoms with Crippen molar-refractivity contribution in [3.63, 3.8) is 0 Å². The van der Waals surface area contributed by atoms with Crippen LogP contribution in [0.2, 0.25) is 0 Å². The highest BCUT2D eigenvalue weighted by Crippen LogP contribution is 2.40. The fraction of sp³-hybridized carbons (Fsp3) is 0.111. The van der Waals surface area contributed by atoms with E-state index in [-0.39, 0.29) is 18.0 Å². The lowest BCUT2D eigenvalue weighted by molar-refractivity contribution is -0.118. The van der Waals surface area contributed by atoms with Crippen molar-refractivity contribution in [1.82, 2.24) is 0 Å². The van der Waals surface area contributed by atoms with Crippen LogP contribution in [0.4, 0.5) is 9.39 Å². The Morgan fingerprint density at radius 1 is 0.971 bits per heavy atom. The zero-order chi connectivity index (χ0) is 24.9. The van der Waals surface area contributed by atoms with E-state index in [2.05, 4.69) is 21.2 Å². The van der Waals surface area contributed by atoms with E-state index in [1.54, 1.807) is 18.2 Å². The average Bonchev–Trinajstić information content (AvgIpc) is 3.19. The minimum absolute atomic E-state index is 0.225. The van der Waals surface area contributed by atoms with Gasteiger partial charge in [0.15, 0.2) is 6.61 Å². The maximum absolute atomic E-state index is 13.4. The predicted octanol–water partition coefficient (Wildman–Crippen LogP) is 7.10. The smallest absolute Gasteiger partial charge is 0.341 e. The number of methoxy groups -OCH3 is 1. The molecule has 0 aliphatic carbocycles. The molecule has 0 unspecified atom stereocenters. The lowest BCUT2D eigenvalue weighted by atomic mass is 10.0. The van der Waals surface area contributed by atoms with E-state index in [1.165, 1.54) is 30.6 Å². The number of hydrogen-bond acceptors (Lipinski definition) is 5. The van der Waals surface area contributed by atoms with Gasteiger partial charge in [-0.05, 0) is 63.8 Å². The first-order valence-corrected chi connectivity index (χ1v) is 12.2. The molecule has 1 heterocycles. The molecule has 5 nitrogen and oxygen atoms in total. The van der Waals surface area contributed by atoms with Gasteiger partial charge in [-0.15, -0.1) is 11.3 Å². The third kappa shape index (κ3) is 5.61. The SMILES string of the molecule is COC(=O)c1c(NC(=O)COc2ccc(-c3ccccc3)cc2Br)sc(C)c1-c1ccc(F)cc1. The van der Waals surface area contributed by atoms with Crippen molar-refractivity contribution >= 4 is 44.1 Å². The van der Waals surface area contributed by atoms with Gasteiger partial charge in [0.1, 0.15) is 22.1 Å². The number of aryl methyl sites for hydroxylation is 1. The molecule has 1 amide bonds. The van der Waals surface area contributed by atoms with Crippen LogP contribution >= 0.6 is 27.3 Å². The van der Waals surface area contributed by atoms with Gasteiger partial charge in [0.05, 0.1) is 11.6 Å². The van der Waals surface area contributed by atoms with Crippen molar-refractivity contribution in [2.45, 2.75) is 6.92 Å². The standard InChI is InChI=1S/C27H21BrFNO4S/c1-16-24(18-8-11-20(29)12-9-18)25(27(32)33-2)26(35-16)30-23(31)15-34-22-13-10-19(14-21(22)28)17-6-4-3-5-7-17/h3-14H,15H2,1-2H3,(H,30,31). The van der Waals surface area contributed by atoms with E-state index in [0.29, 0.717) is 26.4 Å². The number of thiophene rings is 1. The van der Waals surface area contributed by atoms with Crippen LogP contribution in [0.5, 0.6) is 5.75 Å². The highest BCUT2D eigenvalue weighted by atomic mass is 79.9. The average molecular weight is 554 g/mol. The monoisotopic (exact) mass is 553 g/mol. The molecule has 1 aromatic heterocycles. The molecule has 0 fully saturated rings. The van der Waals surface area contributed by atoms with E-state index < -0.39 is 11.9 Å². The second kappa shape index (κ2) is 10.8. The number of esters is 1. The molecule has 0 saturated carbocycles. The van der Waals surface area contributed by atoms with Gasteiger partial charge in [0.2, 0.25) is 0 Å². The van der Waals surface area contributed by atoms with Gasteiger partial charge in [-0.25, -0.2) is 9.18 Å². The van der Waals surface area contributed by atoms with Crippen LogP contribution in [-0.2, 0) is 9.53 Å². The molecule has 178 valence electrons. The van der Waals surface area contributed by atoms with Crippen LogP contribution in [-0.4, -0.2) is 25.6 Å². The molecule has 4 rings (SSSR count). The van der Waals surface area contributed by atoms with Crippen molar-refractivity contribution in [2.75, 3.05) is 19.0 Å². The van der Waals surface area contributed by atoms with Crippen LogP contribution in [0.25, 0.3) is 22.3 Å². The Morgan fingerprint density at radius 3 is 2.31 bits per heavy atom. The van der Waals surface area contributed by atoms with Crippen LogP contribution in [0.3, 0.4) is 0 Å². The Hall–Kier alpha value is -3.49. The molecule has 0 saturated heterocycles.